The van der Waals surface area contributed by atoms with Gasteiger partial charge in [0.2, 0.25) is 0 Å². The van der Waals surface area contributed by atoms with E-state index in [1.807, 2.05) is 6.92 Å². The first-order valence-electron chi connectivity index (χ1n) is 4.85. The smallest absolute Gasteiger partial charge is 0.0712 e. The SMILES string of the molecule is CCCC(O)CNc1cncc(N)c1. The summed E-state index contributed by atoms with van der Waals surface area (Å²) in [6, 6.07) is 1.80. The molecule has 1 unspecified atom stereocenters. The molecule has 1 rings (SSSR count). The van der Waals surface area contributed by atoms with Crippen molar-refractivity contribution in [2.45, 2.75) is 25.9 Å². The van der Waals surface area contributed by atoms with Crippen LogP contribution in [-0.4, -0.2) is 22.7 Å². The van der Waals surface area contributed by atoms with Gasteiger partial charge in [0.25, 0.3) is 0 Å². The number of aliphatic hydroxyl groups is 1. The van der Waals surface area contributed by atoms with Gasteiger partial charge in [-0.15, -0.1) is 0 Å². The lowest BCUT2D eigenvalue weighted by atomic mass is 10.2. The Morgan fingerprint density at radius 2 is 2.36 bits per heavy atom. The molecule has 0 fully saturated rings. The van der Waals surface area contributed by atoms with E-state index in [2.05, 4.69) is 10.3 Å². The molecule has 0 aromatic carbocycles. The first kappa shape index (κ1) is 10.8. The summed E-state index contributed by atoms with van der Waals surface area (Å²) < 4.78 is 0. The Kier molecular flexibility index (Phi) is 4.19. The fourth-order valence-electron chi connectivity index (χ4n) is 1.23. The van der Waals surface area contributed by atoms with E-state index in [9.17, 15) is 5.11 Å². The molecule has 1 aromatic rings. The van der Waals surface area contributed by atoms with Crippen LogP contribution >= 0.6 is 0 Å². The summed E-state index contributed by atoms with van der Waals surface area (Å²) >= 11 is 0. The molecule has 0 amide bonds. The molecule has 0 aliphatic carbocycles. The number of anilines is 2. The van der Waals surface area contributed by atoms with Crippen LogP contribution in [0.25, 0.3) is 0 Å². The predicted octanol–water partition coefficient (Wildman–Crippen LogP) is 1.24. The highest BCUT2D eigenvalue weighted by atomic mass is 16.3. The van der Waals surface area contributed by atoms with Gasteiger partial charge in [0.05, 0.1) is 23.7 Å². The first-order valence-corrected chi connectivity index (χ1v) is 4.85. The molecule has 0 aliphatic rings. The number of rotatable bonds is 5. The van der Waals surface area contributed by atoms with Crippen LogP contribution in [0.3, 0.4) is 0 Å². The average Bonchev–Trinajstić information content (AvgIpc) is 2.15. The second kappa shape index (κ2) is 5.44. The van der Waals surface area contributed by atoms with Crippen molar-refractivity contribution in [2.24, 2.45) is 0 Å². The molecule has 4 N–H and O–H groups in total. The number of nitrogen functional groups attached to an aromatic ring is 1. The van der Waals surface area contributed by atoms with Gasteiger partial charge in [-0.25, -0.2) is 0 Å². The third kappa shape index (κ3) is 3.62. The molecule has 0 saturated heterocycles. The van der Waals surface area contributed by atoms with Gasteiger partial charge in [0.15, 0.2) is 0 Å². The highest BCUT2D eigenvalue weighted by Crippen LogP contribution is 2.09. The van der Waals surface area contributed by atoms with Gasteiger partial charge in [0.1, 0.15) is 0 Å². The minimum atomic E-state index is -0.304. The summed E-state index contributed by atoms with van der Waals surface area (Å²) in [6.07, 6.45) is 4.77. The summed E-state index contributed by atoms with van der Waals surface area (Å²) in [5.74, 6) is 0. The molecule has 1 heterocycles. The molecule has 0 saturated carbocycles. The van der Waals surface area contributed by atoms with Crippen LogP contribution in [0.15, 0.2) is 18.5 Å². The quantitative estimate of drug-likeness (QED) is 0.661. The average molecular weight is 195 g/mol. The van der Waals surface area contributed by atoms with Crippen molar-refractivity contribution in [1.29, 1.82) is 0 Å². The summed E-state index contributed by atoms with van der Waals surface area (Å²) in [7, 11) is 0. The monoisotopic (exact) mass is 195 g/mol. The number of nitrogens with zero attached hydrogens (tertiary/aromatic N) is 1. The number of hydrogen-bond acceptors (Lipinski definition) is 4. The van der Waals surface area contributed by atoms with Gasteiger partial charge in [-0.1, -0.05) is 13.3 Å². The molecule has 0 bridgehead atoms. The van der Waals surface area contributed by atoms with Crippen LogP contribution < -0.4 is 11.1 Å². The molecule has 78 valence electrons. The third-order valence-electron chi connectivity index (χ3n) is 1.92. The Hall–Kier alpha value is -1.29. The Morgan fingerprint density at radius 1 is 1.57 bits per heavy atom. The Bertz CT molecular complexity index is 278. The summed E-state index contributed by atoms with van der Waals surface area (Å²) in [5.41, 5.74) is 7.03. The van der Waals surface area contributed by atoms with E-state index >= 15 is 0 Å². The number of hydrogen-bond donors (Lipinski definition) is 3. The fourth-order valence-corrected chi connectivity index (χ4v) is 1.23. The minimum Gasteiger partial charge on any atom is -0.397 e. The number of aromatic nitrogens is 1. The lowest BCUT2D eigenvalue weighted by molar-refractivity contribution is 0.176. The summed E-state index contributed by atoms with van der Waals surface area (Å²) in [6.45, 7) is 2.59. The topological polar surface area (TPSA) is 71.2 Å². The molecule has 4 heteroatoms. The highest BCUT2D eigenvalue weighted by molar-refractivity contribution is 5.51. The molecular formula is C10H17N3O. The zero-order valence-corrected chi connectivity index (χ0v) is 8.40. The normalized spacial score (nSPS) is 12.4. The lowest BCUT2D eigenvalue weighted by Gasteiger charge is -2.11. The molecule has 1 atom stereocenters. The standard InChI is InChI=1S/C10H17N3O/c1-2-3-10(14)7-13-9-4-8(11)5-12-6-9/h4-6,10,13-14H,2-3,7,11H2,1H3. The van der Waals surface area contributed by atoms with E-state index in [-0.39, 0.29) is 6.10 Å². The van der Waals surface area contributed by atoms with Crippen molar-refractivity contribution in [3.05, 3.63) is 18.5 Å². The Balaban J connectivity index is 2.37. The van der Waals surface area contributed by atoms with Gasteiger partial charge in [0, 0.05) is 12.7 Å². The molecule has 0 spiro atoms. The minimum absolute atomic E-state index is 0.304. The van der Waals surface area contributed by atoms with Crippen LogP contribution in [0, 0.1) is 0 Å². The van der Waals surface area contributed by atoms with Gasteiger partial charge >= 0.3 is 0 Å². The maximum absolute atomic E-state index is 9.47. The maximum atomic E-state index is 9.47. The van der Waals surface area contributed by atoms with E-state index in [0.717, 1.165) is 18.5 Å². The number of nitrogens with two attached hydrogens (primary N) is 1. The Labute approximate surface area is 84.2 Å². The molecule has 4 nitrogen and oxygen atoms in total. The summed E-state index contributed by atoms with van der Waals surface area (Å²) in [4.78, 5) is 3.94. The largest absolute Gasteiger partial charge is 0.397 e. The van der Waals surface area contributed by atoms with Crippen molar-refractivity contribution in [3.8, 4) is 0 Å². The van der Waals surface area contributed by atoms with Crippen LogP contribution in [0.5, 0.6) is 0 Å². The van der Waals surface area contributed by atoms with E-state index in [0.29, 0.717) is 12.2 Å². The zero-order chi connectivity index (χ0) is 10.4. The number of pyridine rings is 1. The van der Waals surface area contributed by atoms with Crippen molar-refractivity contribution in [1.82, 2.24) is 4.98 Å². The maximum Gasteiger partial charge on any atom is 0.0712 e. The first-order chi connectivity index (χ1) is 6.72. The van der Waals surface area contributed by atoms with Gasteiger partial charge in [-0.2, -0.15) is 0 Å². The van der Waals surface area contributed by atoms with E-state index in [1.165, 1.54) is 0 Å². The molecular weight excluding hydrogens is 178 g/mol. The van der Waals surface area contributed by atoms with Gasteiger partial charge in [-0.3, -0.25) is 4.98 Å². The van der Waals surface area contributed by atoms with Crippen LogP contribution in [0.1, 0.15) is 19.8 Å². The van der Waals surface area contributed by atoms with Crippen molar-refractivity contribution >= 4 is 11.4 Å². The van der Waals surface area contributed by atoms with E-state index in [1.54, 1.807) is 18.5 Å². The lowest BCUT2D eigenvalue weighted by Crippen LogP contribution is -2.19. The van der Waals surface area contributed by atoms with Crippen LogP contribution in [-0.2, 0) is 0 Å². The fraction of sp³-hybridized carbons (Fsp3) is 0.500. The van der Waals surface area contributed by atoms with Gasteiger partial charge in [-0.05, 0) is 12.5 Å². The van der Waals surface area contributed by atoms with Crippen LogP contribution in [0.4, 0.5) is 11.4 Å². The van der Waals surface area contributed by atoms with Crippen molar-refractivity contribution in [3.63, 3.8) is 0 Å². The third-order valence-corrected chi connectivity index (χ3v) is 1.92. The molecule has 0 radical (unpaired) electrons. The molecule has 14 heavy (non-hydrogen) atoms. The Morgan fingerprint density at radius 3 is 3.00 bits per heavy atom. The molecule has 0 aliphatic heterocycles. The van der Waals surface area contributed by atoms with E-state index < -0.39 is 0 Å². The zero-order valence-electron chi connectivity index (χ0n) is 8.40. The summed E-state index contributed by atoms with van der Waals surface area (Å²) in [5, 5.41) is 12.5. The van der Waals surface area contributed by atoms with Crippen LogP contribution in [0.2, 0.25) is 0 Å². The number of nitrogens with one attached hydrogen (secondary N) is 1. The highest BCUT2D eigenvalue weighted by Gasteiger charge is 2.01. The van der Waals surface area contributed by atoms with Crippen molar-refractivity contribution in [2.75, 3.05) is 17.6 Å². The second-order valence-corrected chi connectivity index (χ2v) is 3.33. The van der Waals surface area contributed by atoms with Crippen molar-refractivity contribution < 1.29 is 5.11 Å². The molecule has 1 aromatic heterocycles. The second-order valence-electron chi connectivity index (χ2n) is 3.33. The number of aliphatic hydroxyl groups excluding tert-OH is 1. The predicted molar refractivity (Wildman–Crippen MR) is 58.1 cm³/mol. The van der Waals surface area contributed by atoms with Gasteiger partial charge < -0.3 is 16.2 Å². The van der Waals surface area contributed by atoms with E-state index in [4.69, 9.17) is 5.73 Å².